The molecule has 0 radical (unpaired) electrons. The highest BCUT2D eigenvalue weighted by Gasteiger charge is 2.32. The summed E-state index contributed by atoms with van der Waals surface area (Å²) < 4.78 is 47.3. The smallest absolute Gasteiger partial charge is 0.457 e. The van der Waals surface area contributed by atoms with Crippen molar-refractivity contribution in [1.82, 2.24) is 9.55 Å². The molecule has 1 atom stereocenters. The van der Waals surface area contributed by atoms with Crippen molar-refractivity contribution in [3.8, 4) is 27.7 Å². The van der Waals surface area contributed by atoms with Gasteiger partial charge >= 0.3 is 18.0 Å². The second-order valence-corrected chi connectivity index (χ2v) is 8.95. The summed E-state index contributed by atoms with van der Waals surface area (Å²) in [5.41, 5.74) is -0.433. The Bertz CT molecular complexity index is 1530. The molecule has 196 valence electrons. The summed E-state index contributed by atoms with van der Waals surface area (Å²) in [6, 6.07) is 11.4. The number of H-pyrrole nitrogens is 1. The summed E-state index contributed by atoms with van der Waals surface area (Å²) >= 11 is 1.04. The topological polar surface area (TPSA) is 154 Å². The first-order valence-corrected chi connectivity index (χ1v) is 11.3. The molecule has 0 amide bonds. The number of fused-ring (bicyclic) bond motifs is 1. The summed E-state index contributed by atoms with van der Waals surface area (Å²) in [5, 5.41) is 37.6. The lowest BCUT2D eigenvalue weighted by Gasteiger charge is -2.21. The van der Waals surface area contributed by atoms with E-state index in [0.717, 1.165) is 28.0 Å². The van der Waals surface area contributed by atoms with Crippen molar-refractivity contribution in [1.29, 1.82) is 0 Å². The number of aliphatic hydroxyl groups excluding tert-OH is 1. The van der Waals surface area contributed by atoms with E-state index in [2.05, 4.69) is 9.72 Å². The van der Waals surface area contributed by atoms with E-state index in [9.17, 15) is 43.2 Å². The van der Waals surface area contributed by atoms with Gasteiger partial charge < -0.3 is 29.9 Å². The summed E-state index contributed by atoms with van der Waals surface area (Å²) in [7, 11) is 0. The standard InChI is InChI=1S/C23H19F3N2O8S/c1-11-17-19(30)27-21(31)28(10-16(29)22(32,33)34)20(17)37-18(11)12-2-4-13(5-3-12)35-14-6-8-15(9-7-14)36-23(24,25)26/h2-9,16,29,32-34H,10H2,1H3,(H,27,30,31). The third-order valence-corrected chi connectivity index (χ3v) is 6.64. The van der Waals surface area contributed by atoms with E-state index in [0.29, 0.717) is 21.8 Å². The normalized spacial score (nSPS) is 13.1. The lowest BCUT2D eigenvalue weighted by molar-refractivity contribution is -0.356. The molecule has 4 rings (SSSR count). The number of aromatic nitrogens is 2. The summed E-state index contributed by atoms with van der Waals surface area (Å²) in [6.45, 7) is 0.937. The molecule has 2 heterocycles. The number of hydrogen-bond acceptors (Lipinski definition) is 9. The Kier molecular flexibility index (Phi) is 6.87. The van der Waals surface area contributed by atoms with Gasteiger partial charge in [-0.25, -0.2) is 4.79 Å². The van der Waals surface area contributed by atoms with Crippen LogP contribution in [0.1, 0.15) is 5.56 Å². The zero-order valence-electron chi connectivity index (χ0n) is 18.8. The van der Waals surface area contributed by atoms with Crippen LogP contribution in [-0.4, -0.2) is 48.4 Å². The summed E-state index contributed by atoms with van der Waals surface area (Å²) in [4.78, 5) is 27.7. The van der Waals surface area contributed by atoms with Crippen LogP contribution in [0.5, 0.6) is 17.2 Å². The second kappa shape index (κ2) is 9.64. The molecule has 14 heteroatoms. The molecule has 0 spiro atoms. The van der Waals surface area contributed by atoms with Gasteiger partial charge in [-0.1, -0.05) is 0 Å². The van der Waals surface area contributed by atoms with E-state index < -0.39 is 36.2 Å². The first-order chi connectivity index (χ1) is 17.2. The van der Waals surface area contributed by atoms with Gasteiger partial charge in [0.05, 0.1) is 11.9 Å². The largest absolute Gasteiger partial charge is 0.573 e. The molecular formula is C23H19F3N2O8S. The molecule has 5 N–H and O–H groups in total. The van der Waals surface area contributed by atoms with Crippen LogP contribution >= 0.6 is 11.3 Å². The van der Waals surface area contributed by atoms with E-state index in [-0.39, 0.29) is 21.7 Å². The first kappa shape index (κ1) is 26.4. The maximum absolute atomic E-state index is 12.5. The van der Waals surface area contributed by atoms with Gasteiger partial charge in [0, 0.05) is 4.88 Å². The number of aliphatic hydroxyl groups is 4. The third kappa shape index (κ3) is 5.84. The van der Waals surface area contributed by atoms with E-state index >= 15 is 0 Å². The lowest BCUT2D eigenvalue weighted by Crippen LogP contribution is -2.46. The van der Waals surface area contributed by atoms with Crippen LogP contribution in [0.15, 0.2) is 58.1 Å². The Labute approximate surface area is 209 Å². The molecule has 0 aliphatic heterocycles. The van der Waals surface area contributed by atoms with Crippen molar-refractivity contribution in [3.05, 3.63) is 74.9 Å². The number of benzene rings is 2. The van der Waals surface area contributed by atoms with Crippen LogP contribution in [0, 0.1) is 6.92 Å². The zero-order chi connectivity index (χ0) is 27.1. The van der Waals surface area contributed by atoms with E-state index in [1.807, 2.05) is 0 Å². The number of thiophene rings is 1. The number of alkyl halides is 3. The van der Waals surface area contributed by atoms with E-state index in [1.54, 1.807) is 31.2 Å². The average Bonchev–Trinajstić information content (AvgIpc) is 3.14. The highest BCUT2D eigenvalue weighted by molar-refractivity contribution is 7.22. The molecule has 37 heavy (non-hydrogen) atoms. The molecule has 2 aromatic heterocycles. The van der Waals surface area contributed by atoms with Crippen LogP contribution in [0.3, 0.4) is 0 Å². The maximum atomic E-state index is 12.5. The van der Waals surface area contributed by atoms with E-state index in [4.69, 9.17) is 4.74 Å². The zero-order valence-corrected chi connectivity index (χ0v) is 19.6. The number of ether oxygens (including phenoxy) is 2. The fourth-order valence-electron chi connectivity index (χ4n) is 3.53. The van der Waals surface area contributed by atoms with Crippen molar-refractivity contribution in [2.24, 2.45) is 0 Å². The maximum Gasteiger partial charge on any atom is 0.573 e. The van der Waals surface area contributed by atoms with Crippen molar-refractivity contribution in [3.63, 3.8) is 0 Å². The average molecular weight is 540 g/mol. The second-order valence-electron chi connectivity index (χ2n) is 7.95. The van der Waals surface area contributed by atoms with Gasteiger partial charge in [-0.2, -0.15) is 0 Å². The third-order valence-electron chi connectivity index (χ3n) is 5.28. The highest BCUT2D eigenvalue weighted by atomic mass is 32.1. The van der Waals surface area contributed by atoms with Crippen molar-refractivity contribution >= 4 is 21.6 Å². The molecule has 4 aromatic rings. The summed E-state index contributed by atoms with van der Waals surface area (Å²) in [5.74, 6) is -3.21. The number of nitrogens with one attached hydrogen (secondary N) is 1. The highest BCUT2D eigenvalue weighted by Crippen LogP contribution is 2.37. The molecule has 2 aromatic carbocycles. The quantitative estimate of drug-likeness (QED) is 0.224. The Balaban J connectivity index is 1.62. The van der Waals surface area contributed by atoms with Crippen molar-refractivity contribution < 1.29 is 43.1 Å². The van der Waals surface area contributed by atoms with Crippen LogP contribution in [-0.2, 0) is 6.54 Å². The lowest BCUT2D eigenvalue weighted by atomic mass is 10.1. The molecule has 0 saturated carbocycles. The fourth-order valence-corrected chi connectivity index (χ4v) is 4.85. The number of rotatable bonds is 7. The van der Waals surface area contributed by atoms with Crippen LogP contribution in [0.2, 0.25) is 0 Å². The number of nitrogens with zero attached hydrogens (tertiary/aromatic N) is 1. The van der Waals surface area contributed by atoms with Gasteiger partial charge in [0.15, 0.2) is 6.10 Å². The molecule has 0 aliphatic carbocycles. The monoisotopic (exact) mass is 540 g/mol. The summed E-state index contributed by atoms with van der Waals surface area (Å²) in [6.07, 6.45) is -6.95. The van der Waals surface area contributed by atoms with Gasteiger partial charge in [-0.05, 0) is 66.6 Å². The van der Waals surface area contributed by atoms with Crippen molar-refractivity contribution in [2.75, 3.05) is 0 Å². The fraction of sp³-hybridized carbons (Fsp3) is 0.217. The molecule has 10 nitrogen and oxygen atoms in total. The van der Waals surface area contributed by atoms with Gasteiger partial charge in [0.25, 0.3) is 5.56 Å². The Morgan fingerprint density at radius 2 is 1.51 bits per heavy atom. The minimum absolute atomic E-state index is 0.144. The SMILES string of the molecule is Cc1c(-c2ccc(Oc3ccc(OC(F)(F)F)cc3)cc2)sc2c1c(=O)[nH]c(=O)n2CC(O)C(O)(O)O. The Morgan fingerprint density at radius 3 is 2.05 bits per heavy atom. The Morgan fingerprint density at radius 1 is 0.973 bits per heavy atom. The first-order valence-electron chi connectivity index (χ1n) is 10.5. The molecule has 0 aliphatic rings. The van der Waals surface area contributed by atoms with Crippen LogP contribution < -0.4 is 20.7 Å². The van der Waals surface area contributed by atoms with Gasteiger partial charge in [0.2, 0.25) is 0 Å². The van der Waals surface area contributed by atoms with Crippen LogP contribution in [0.4, 0.5) is 13.2 Å². The number of halogens is 3. The number of aromatic amines is 1. The molecule has 0 saturated heterocycles. The number of hydrogen-bond donors (Lipinski definition) is 5. The Hall–Kier alpha value is -3.69. The van der Waals surface area contributed by atoms with Gasteiger partial charge in [-0.15, -0.1) is 24.5 Å². The molecule has 1 unspecified atom stereocenters. The minimum atomic E-state index is -4.80. The number of aryl methyl sites for hydroxylation is 1. The van der Waals surface area contributed by atoms with Gasteiger partial charge in [0.1, 0.15) is 22.1 Å². The molecular weight excluding hydrogens is 521 g/mol. The van der Waals surface area contributed by atoms with Crippen LogP contribution in [0.25, 0.3) is 20.7 Å². The molecule has 0 bridgehead atoms. The predicted molar refractivity (Wildman–Crippen MR) is 125 cm³/mol. The minimum Gasteiger partial charge on any atom is -0.457 e. The molecule has 0 fully saturated rings. The van der Waals surface area contributed by atoms with E-state index in [1.165, 1.54) is 12.1 Å². The van der Waals surface area contributed by atoms with Gasteiger partial charge in [-0.3, -0.25) is 14.3 Å². The van der Waals surface area contributed by atoms with Crippen molar-refractivity contribution in [2.45, 2.75) is 31.9 Å². The predicted octanol–water partition coefficient (Wildman–Crippen LogP) is 2.41.